The zero-order valence-electron chi connectivity index (χ0n) is 18.8. The topological polar surface area (TPSA) is 94.6 Å². The number of benzene rings is 1. The maximum atomic E-state index is 12.2. The molecule has 33 heavy (non-hydrogen) atoms. The summed E-state index contributed by atoms with van der Waals surface area (Å²) >= 11 is 0. The Bertz CT molecular complexity index is 1230. The van der Waals surface area contributed by atoms with Gasteiger partial charge < -0.3 is 20.0 Å². The van der Waals surface area contributed by atoms with Gasteiger partial charge in [-0.1, -0.05) is 19.1 Å². The van der Waals surface area contributed by atoms with Gasteiger partial charge in [-0.15, -0.1) is 0 Å². The van der Waals surface area contributed by atoms with E-state index in [-0.39, 0.29) is 11.6 Å². The van der Waals surface area contributed by atoms with E-state index in [1.165, 1.54) is 0 Å². The number of pyridine rings is 1. The van der Waals surface area contributed by atoms with Crippen molar-refractivity contribution in [2.75, 3.05) is 66.0 Å². The summed E-state index contributed by atoms with van der Waals surface area (Å²) in [6.07, 6.45) is 4.27. The maximum Gasteiger partial charge on any atom is 0.228 e. The van der Waals surface area contributed by atoms with Gasteiger partial charge in [0, 0.05) is 44.3 Å². The van der Waals surface area contributed by atoms with E-state index in [0.717, 1.165) is 55.0 Å². The van der Waals surface area contributed by atoms with E-state index in [4.69, 9.17) is 4.98 Å². The van der Waals surface area contributed by atoms with Crippen LogP contribution in [0.3, 0.4) is 0 Å². The van der Waals surface area contributed by atoms with E-state index in [0.29, 0.717) is 24.7 Å². The van der Waals surface area contributed by atoms with Crippen molar-refractivity contribution in [3.8, 4) is 0 Å². The Balaban J connectivity index is 1.34. The number of likely N-dealkylation sites (N-methyl/N-ethyl adjacent to an activating group) is 1. The van der Waals surface area contributed by atoms with Crippen LogP contribution in [0, 0.1) is 0 Å². The van der Waals surface area contributed by atoms with Gasteiger partial charge in [-0.05, 0) is 31.2 Å². The van der Waals surface area contributed by atoms with E-state index in [2.05, 4.69) is 38.1 Å². The molecule has 4 heterocycles. The lowest BCUT2D eigenvalue weighted by atomic mass is 10.2. The zero-order chi connectivity index (χ0) is 22.8. The fraction of sp³-hybridized carbons (Fsp3) is 0.435. The highest BCUT2D eigenvalue weighted by Crippen LogP contribution is 2.28. The molecule has 0 saturated carbocycles. The fourth-order valence-electron chi connectivity index (χ4n) is 4.47. The quantitative estimate of drug-likeness (QED) is 0.607. The maximum absolute atomic E-state index is 12.2. The van der Waals surface area contributed by atoms with Gasteiger partial charge in [-0.2, -0.15) is 0 Å². The van der Waals surface area contributed by atoms with Crippen LogP contribution < -0.4 is 15.1 Å². The number of fused-ring (bicyclic) bond motifs is 1. The second-order valence-electron chi connectivity index (χ2n) is 8.55. The Hall–Kier alpha value is -2.98. The lowest BCUT2D eigenvalue weighted by Crippen LogP contribution is -2.46. The molecule has 2 aromatic heterocycles. The van der Waals surface area contributed by atoms with Crippen LogP contribution in [0.2, 0.25) is 0 Å². The molecule has 0 atom stereocenters. The Labute approximate surface area is 194 Å². The lowest BCUT2D eigenvalue weighted by molar-refractivity contribution is 0.271. The van der Waals surface area contributed by atoms with Crippen molar-refractivity contribution in [3.05, 3.63) is 42.7 Å². The van der Waals surface area contributed by atoms with Gasteiger partial charge in [0.25, 0.3) is 0 Å². The molecule has 0 spiro atoms. The summed E-state index contributed by atoms with van der Waals surface area (Å²) in [4.78, 5) is 20.4. The number of nitrogens with zero attached hydrogens (tertiary/aromatic N) is 6. The molecule has 1 aromatic carbocycles. The Morgan fingerprint density at radius 1 is 0.970 bits per heavy atom. The van der Waals surface area contributed by atoms with E-state index < -0.39 is 9.84 Å². The minimum atomic E-state index is -3.08. The Kier molecular flexibility index (Phi) is 6.03. The van der Waals surface area contributed by atoms with Crippen molar-refractivity contribution >= 4 is 43.9 Å². The molecular weight excluding hydrogens is 438 g/mol. The minimum Gasteiger partial charge on any atom is -0.368 e. The molecule has 2 fully saturated rings. The molecule has 0 amide bonds. The summed E-state index contributed by atoms with van der Waals surface area (Å²) in [5, 5.41) is 4.06. The number of para-hydroxylation sites is 1. The molecule has 174 valence electrons. The molecular formula is C23H29N7O2S. The standard InChI is InChI=1S/C23H29N7O2S/c1-2-28-10-12-29(13-11-28)19-7-8-21(24-16-19)26-23-25-15-18-5-3-6-20(22(18)27-23)30-9-4-14-33(31,32)17-30/h3,5-8,15-16H,2,4,9-14,17H2,1H3,(H,24,25,26,27). The van der Waals surface area contributed by atoms with E-state index in [1.807, 2.05) is 35.4 Å². The highest BCUT2D eigenvalue weighted by molar-refractivity contribution is 7.91. The van der Waals surface area contributed by atoms with Crippen LogP contribution in [0.15, 0.2) is 42.7 Å². The SMILES string of the molecule is CCN1CCN(c2ccc(Nc3ncc4cccc(N5CCCS(=O)(=O)C5)c4n3)nc2)CC1. The van der Waals surface area contributed by atoms with Crippen molar-refractivity contribution in [1.29, 1.82) is 0 Å². The monoisotopic (exact) mass is 467 g/mol. The predicted molar refractivity (Wildman–Crippen MR) is 132 cm³/mol. The largest absolute Gasteiger partial charge is 0.368 e. The van der Waals surface area contributed by atoms with Gasteiger partial charge in [0.15, 0.2) is 9.84 Å². The summed E-state index contributed by atoms with van der Waals surface area (Å²) in [7, 11) is -3.08. The van der Waals surface area contributed by atoms with Crippen LogP contribution in [0.5, 0.6) is 0 Å². The third-order valence-electron chi connectivity index (χ3n) is 6.34. The minimum absolute atomic E-state index is 0.0222. The van der Waals surface area contributed by atoms with Crippen molar-refractivity contribution in [3.63, 3.8) is 0 Å². The molecule has 2 saturated heterocycles. The first-order valence-electron chi connectivity index (χ1n) is 11.4. The molecule has 10 heteroatoms. The third-order valence-corrected chi connectivity index (χ3v) is 7.95. The molecule has 0 radical (unpaired) electrons. The number of hydrogen-bond donors (Lipinski definition) is 1. The van der Waals surface area contributed by atoms with Crippen molar-refractivity contribution in [2.45, 2.75) is 13.3 Å². The van der Waals surface area contributed by atoms with Crippen LogP contribution in [0.1, 0.15) is 13.3 Å². The Morgan fingerprint density at radius 3 is 2.55 bits per heavy atom. The number of nitrogens with one attached hydrogen (secondary N) is 1. The number of piperazine rings is 1. The smallest absolute Gasteiger partial charge is 0.228 e. The average Bonchev–Trinajstić information content (AvgIpc) is 2.83. The summed E-state index contributed by atoms with van der Waals surface area (Å²) in [6.45, 7) is 8.14. The molecule has 5 rings (SSSR count). The highest BCUT2D eigenvalue weighted by atomic mass is 32.2. The van der Waals surface area contributed by atoms with Crippen LogP contribution in [0.4, 0.5) is 23.1 Å². The van der Waals surface area contributed by atoms with Crippen molar-refractivity contribution in [1.82, 2.24) is 19.9 Å². The first-order chi connectivity index (χ1) is 16.0. The number of anilines is 4. The van der Waals surface area contributed by atoms with E-state index in [9.17, 15) is 8.42 Å². The second kappa shape index (κ2) is 9.11. The van der Waals surface area contributed by atoms with Gasteiger partial charge in [0.2, 0.25) is 5.95 Å². The number of aromatic nitrogens is 3. The van der Waals surface area contributed by atoms with Crippen molar-refractivity contribution < 1.29 is 8.42 Å². The van der Waals surface area contributed by atoms with Crippen LogP contribution in [-0.2, 0) is 9.84 Å². The molecule has 9 nitrogen and oxygen atoms in total. The van der Waals surface area contributed by atoms with Crippen LogP contribution in [-0.4, -0.2) is 79.2 Å². The lowest BCUT2D eigenvalue weighted by Gasteiger charge is -2.35. The number of sulfone groups is 1. The highest BCUT2D eigenvalue weighted by Gasteiger charge is 2.24. The van der Waals surface area contributed by atoms with Gasteiger partial charge >= 0.3 is 0 Å². The molecule has 1 N–H and O–H groups in total. The summed E-state index contributed by atoms with van der Waals surface area (Å²) < 4.78 is 24.3. The van der Waals surface area contributed by atoms with Gasteiger partial charge in [0.1, 0.15) is 11.7 Å². The van der Waals surface area contributed by atoms with E-state index in [1.54, 1.807) is 6.20 Å². The predicted octanol–water partition coefficient (Wildman–Crippen LogP) is 2.49. The summed E-state index contributed by atoms with van der Waals surface area (Å²) in [6, 6.07) is 9.79. The average molecular weight is 468 g/mol. The molecule has 2 aliphatic heterocycles. The number of hydrogen-bond acceptors (Lipinski definition) is 9. The molecule has 0 unspecified atom stereocenters. The first-order valence-corrected chi connectivity index (χ1v) is 13.2. The molecule has 3 aromatic rings. The van der Waals surface area contributed by atoms with E-state index >= 15 is 0 Å². The third kappa shape index (κ3) is 4.86. The fourth-order valence-corrected chi connectivity index (χ4v) is 5.91. The summed E-state index contributed by atoms with van der Waals surface area (Å²) in [5.41, 5.74) is 2.66. The van der Waals surface area contributed by atoms with Crippen LogP contribution >= 0.6 is 0 Å². The number of rotatable bonds is 5. The normalized spacial score (nSPS) is 19.1. The molecule has 0 bridgehead atoms. The molecule has 0 aliphatic carbocycles. The van der Waals surface area contributed by atoms with Crippen LogP contribution in [0.25, 0.3) is 10.9 Å². The van der Waals surface area contributed by atoms with Crippen molar-refractivity contribution in [2.24, 2.45) is 0 Å². The Morgan fingerprint density at radius 2 is 1.82 bits per heavy atom. The molecule has 2 aliphatic rings. The van der Waals surface area contributed by atoms with Gasteiger partial charge in [-0.25, -0.2) is 23.4 Å². The second-order valence-corrected chi connectivity index (χ2v) is 10.7. The zero-order valence-corrected chi connectivity index (χ0v) is 19.6. The van der Waals surface area contributed by atoms with Gasteiger partial charge in [0.05, 0.1) is 28.8 Å². The first kappa shape index (κ1) is 21.8. The summed E-state index contributed by atoms with van der Waals surface area (Å²) in [5.74, 6) is 1.37. The van der Waals surface area contributed by atoms with Gasteiger partial charge in [-0.3, -0.25) is 0 Å².